The summed E-state index contributed by atoms with van der Waals surface area (Å²) in [6, 6.07) is 6.50. The first-order chi connectivity index (χ1) is 6.59. The standard InChI is InChI=1S/C11H13ClF2/c1-8(12)5-6-9-3-2-4-10(7-9)11(13)14/h2-4,7-8,11H,5-6H2,1H3. The largest absolute Gasteiger partial charge is 0.263 e. The highest BCUT2D eigenvalue weighted by molar-refractivity contribution is 6.20. The van der Waals surface area contributed by atoms with E-state index in [1.807, 2.05) is 13.0 Å². The van der Waals surface area contributed by atoms with Crippen LogP contribution in [-0.4, -0.2) is 5.38 Å². The third-order valence-electron chi connectivity index (χ3n) is 2.03. The quantitative estimate of drug-likeness (QED) is 0.665. The number of alkyl halides is 3. The molecular formula is C11H13ClF2. The molecule has 0 aliphatic rings. The smallest absolute Gasteiger partial charge is 0.205 e. The Balaban J connectivity index is 2.64. The maximum absolute atomic E-state index is 12.3. The minimum absolute atomic E-state index is 0.0877. The van der Waals surface area contributed by atoms with Crippen molar-refractivity contribution in [1.29, 1.82) is 0 Å². The summed E-state index contributed by atoms with van der Waals surface area (Å²) in [4.78, 5) is 0. The fraction of sp³-hybridized carbons (Fsp3) is 0.455. The molecule has 0 aromatic heterocycles. The van der Waals surface area contributed by atoms with Crippen molar-refractivity contribution in [3.8, 4) is 0 Å². The van der Waals surface area contributed by atoms with E-state index in [-0.39, 0.29) is 10.9 Å². The average Bonchev–Trinajstić information content (AvgIpc) is 2.15. The Morgan fingerprint density at radius 1 is 1.36 bits per heavy atom. The fourth-order valence-corrected chi connectivity index (χ4v) is 1.36. The lowest BCUT2D eigenvalue weighted by molar-refractivity contribution is 0.151. The molecule has 3 heteroatoms. The molecule has 0 radical (unpaired) electrons. The Labute approximate surface area is 87.9 Å². The molecule has 1 unspecified atom stereocenters. The van der Waals surface area contributed by atoms with Crippen LogP contribution < -0.4 is 0 Å². The minimum atomic E-state index is -2.39. The Bertz CT molecular complexity index is 284. The maximum atomic E-state index is 12.3. The van der Waals surface area contributed by atoms with E-state index in [2.05, 4.69) is 0 Å². The molecule has 14 heavy (non-hydrogen) atoms. The van der Waals surface area contributed by atoms with Gasteiger partial charge in [-0.15, -0.1) is 11.6 Å². The Morgan fingerprint density at radius 2 is 2.07 bits per heavy atom. The second-order valence-electron chi connectivity index (χ2n) is 3.37. The van der Waals surface area contributed by atoms with E-state index in [1.54, 1.807) is 12.1 Å². The predicted molar refractivity (Wildman–Crippen MR) is 55.0 cm³/mol. The molecule has 0 bridgehead atoms. The van der Waals surface area contributed by atoms with Gasteiger partial charge >= 0.3 is 0 Å². The number of halogens is 3. The van der Waals surface area contributed by atoms with Gasteiger partial charge in [-0.05, 0) is 25.3 Å². The molecule has 0 aliphatic heterocycles. The van der Waals surface area contributed by atoms with E-state index in [0.29, 0.717) is 0 Å². The zero-order valence-corrected chi connectivity index (χ0v) is 8.77. The highest BCUT2D eigenvalue weighted by atomic mass is 35.5. The van der Waals surface area contributed by atoms with Gasteiger partial charge in [0, 0.05) is 10.9 Å². The van der Waals surface area contributed by atoms with Crippen molar-refractivity contribution in [3.05, 3.63) is 35.4 Å². The topological polar surface area (TPSA) is 0 Å². The molecule has 0 N–H and O–H groups in total. The van der Waals surface area contributed by atoms with Crippen molar-refractivity contribution in [3.63, 3.8) is 0 Å². The lowest BCUT2D eigenvalue weighted by Gasteiger charge is -2.05. The van der Waals surface area contributed by atoms with Crippen LogP contribution in [0.15, 0.2) is 24.3 Å². The first-order valence-corrected chi connectivity index (χ1v) is 5.04. The highest BCUT2D eigenvalue weighted by Gasteiger charge is 2.07. The average molecular weight is 219 g/mol. The summed E-state index contributed by atoms with van der Waals surface area (Å²) in [5.74, 6) is 0. The van der Waals surface area contributed by atoms with Crippen LogP contribution in [-0.2, 0) is 6.42 Å². The van der Waals surface area contributed by atoms with Gasteiger partial charge in [0.25, 0.3) is 6.43 Å². The van der Waals surface area contributed by atoms with Gasteiger partial charge in [0.1, 0.15) is 0 Å². The third-order valence-corrected chi connectivity index (χ3v) is 2.25. The molecule has 0 fully saturated rings. The summed E-state index contributed by atoms with van der Waals surface area (Å²) in [6.45, 7) is 1.90. The van der Waals surface area contributed by atoms with Crippen molar-refractivity contribution in [2.45, 2.75) is 31.6 Å². The summed E-state index contributed by atoms with van der Waals surface area (Å²) < 4.78 is 24.6. The van der Waals surface area contributed by atoms with Crippen LogP contribution in [0.4, 0.5) is 8.78 Å². The fourth-order valence-electron chi connectivity index (χ4n) is 1.25. The molecular weight excluding hydrogens is 206 g/mol. The molecule has 0 aliphatic carbocycles. The van der Waals surface area contributed by atoms with Crippen molar-refractivity contribution < 1.29 is 8.78 Å². The van der Waals surface area contributed by atoms with Crippen LogP contribution in [0, 0.1) is 0 Å². The number of hydrogen-bond acceptors (Lipinski definition) is 0. The lowest BCUT2D eigenvalue weighted by atomic mass is 10.1. The van der Waals surface area contributed by atoms with Gasteiger partial charge in [-0.25, -0.2) is 8.78 Å². The third kappa shape index (κ3) is 3.62. The van der Waals surface area contributed by atoms with Gasteiger partial charge in [0.15, 0.2) is 0 Å². The van der Waals surface area contributed by atoms with E-state index >= 15 is 0 Å². The van der Waals surface area contributed by atoms with Crippen LogP contribution in [0.2, 0.25) is 0 Å². The second-order valence-corrected chi connectivity index (χ2v) is 4.11. The SMILES string of the molecule is CC(Cl)CCc1cccc(C(F)F)c1. The van der Waals surface area contributed by atoms with Crippen LogP contribution in [0.3, 0.4) is 0 Å². The molecule has 0 saturated heterocycles. The van der Waals surface area contributed by atoms with E-state index in [1.165, 1.54) is 6.07 Å². The monoisotopic (exact) mass is 218 g/mol. The van der Waals surface area contributed by atoms with Gasteiger partial charge in [0.2, 0.25) is 0 Å². The molecule has 1 atom stereocenters. The molecule has 0 spiro atoms. The van der Waals surface area contributed by atoms with Crippen molar-refractivity contribution in [2.75, 3.05) is 0 Å². The molecule has 0 nitrogen and oxygen atoms in total. The van der Waals surface area contributed by atoms with Crippen LogP contribution in [0.1, 0.15) is 30.9 Å². The van der Waals surface area contributed by atoms with E-state index in [4.69, 9.17) is 11.6 Å². The van der Waals surface area contributed by atoms with Crippen LogP contribution in [0.25, 0.3) is 0 Å². The zero-order valence-electron chi connectivity index (χ0n) is 8.01. The van der Waals surface area contributed by atoms with Crippen LogP contribution >= 0.6 is 11.6 Å². The van der Waals surface area contributed by atoms with Gasteiger partial charge in [-0.1, -0.05) is 24.3 Å². The van der Waals surface area contributed by atoms with Crippen LogP contribution in [0.5, 0.6) is 0 Å². The van der Waals surface area contributed by atoms with Crippen molar-refractivity contribution >= 4 is 11.6 Å². The van der Waals surface area contributed by atoms with Crippen molar-refractivity contribution in [2.24, 2.45) is 0 Å². The highest BCUT2D eigenvalue weighted by Crippen LogP contribution is 2.20. The second kappa shape index (κ2) is 5.30. The molecule has 78 valence electrons. The zero-order chi connectivity index (χ0) is 10.6. The predicted octanol–water partition coefficient (Wildman–Crippen LogP) is 4.18. The molecule has 1 aromatic carbocycles. The summed E-state index contributed by atoms with van der Waals surface area (Å²) in [7, 11) is 0. The van der Waals surface area contributed by atoms with Gasteiger partial charge in [-0.3, -0.25) is 0 Å². The normalized spacial score (nSPS) is 13.2. The van der Waals surface area contributed by atoms with E-state index < -0.39 is 6.43 Å². The molecule has 0 heterocycles. The Hall–Kier alpha value is -0.630. The Morgan fingerprint density at radius 3 is 2.64 bits per heavy atom. The molecule has 1 rings (SSSR count). The summed E-state index contributed by atoms with van der Waals surface area (Å²) in [5, 5.41) is 0.0882. The van der Waals surface area contributed by atoms with E-state index in [0.717, 1.165) is 18.4 Å². The summed E-state index contributed by atoms with van der Waals surface area (Å²) in [6.07, 6.45) is -0.817. The van der Waals surface area contributed by atoms with Gasteiger partial charge in [-0.2, -0.15) is 0 Å². The maximum Gasteiger partial charge on any atom is 0.263 e. The van der Waals surface area contributed by atoms with Gasteiger partial charge in [0.05, 0.1) is 0 Å². The first kappa shape index (κ1) is 11.4. The van der Waals surface area contributed by atoms with Gasteiger partial charge < -0.3 is 0 Å². The number of rotatable bonds is 4. The molecule has 0 amide bonds. The Kier molecular flexibility index (Phi) is 4.33. The summed E-state index contributed by atoms with van der Waals surface area (Å²) in [5.41, 5.74) is 1.01. The number of benzene rings is 1. The first-order valence-electron chi connectivity index (χ1n) is 4.60. The molecule has 1 aromatic rings. The number of aryl methyl sites for hydroxylation is 1. The van der Waals surface area contributed by atoms with Crippen molar-refractivity contribution in [1.82, 2.24) is 0 Å². The minimum Gasteiger partial charge on any atom is -0.205 e. The van der Waals surface area contributed by atoms with E-state index in [9.17, 15) is 8.78 Å². The lowest BCUT2D eigenvalue weighted by Crippen LogP contribution is -1.95. The number of hydrogen-bond donors (Lipinski definition) is 0. The molecule has 0 saturated carbocycles. The summed E-state index contributed by atoms with van der Waals surface area (Å²) >= 11 is 5.78.